The number of hydrogen-bond donors (Lipinski definition) is 2. The summed E-state index contributed by atoms with van der Waals surface area (Å²) in [5.74, 6) is 1.13. The first-order valence-corrected chi connectivity index (χ1v) is 23.3. The fourth-order valence-electron chi connectivity index (χ4n) is 10.8. The van der Waals surface area contributed by atoms with Crippen LogP contribution in [0.5, 0.6) is 0 Å². The number of hydrogen-bond acceptors (Lipinski definition) is 10. The lowest BCUT2D eigenvalue weighted by atomic mass is 9.86. The summed E-state index contributed by atoms with van der Waals surface area (Å²) in [6, 6.07) is 19.2. The SMILES string of the molecule is COC1CCC(C(=O)N2Cc3cccnc3Nc3ccc(C(=O)N4CCC(c5ccc6c(n5)Nc5ccc(C(=O)N7CCCC7)cc5N(C(=O)C5CCC(OC)CC5)C6)C4)cc32)CC1. The van der Waals surface area contributed by atoms with E-state index in [-0.39, 0.29) is 53.6 Å². The number of methoxy groups -OCH3 is 2. The molecule has 14 nitrogen and oxygen atoms in total. The molecule has 1 unspecified atom stereocenters. The number of amides is 4. The number of anilines is 6. The molecular formula is C50H58N8O6. The molecule has 10 rings (SSSR count). The van der Waals surface area contributed by atoms with E-state index in [0.29, 0.717) is 60.3 Å². The standard InChI is InChI=1S/C50H58N8O6/c1-63-38-14-7-31(8-15-38)49(61)57-29-36-6-5-22-51-45(36)53-41-19-12-34(27-43(41)57)48(60)56-25-21-35(28-56)40-18-13-37-30-58(50(62)32-9-16-39(64-2)17-10-32)44-26-33(47(59)55-23-3-4-24-55)11-20-42(44)54-46(37)52-40/h5-6,11-13,18-20,22,26-27,31-32,35,38-39H,3-4,7-10,14-17,21,23-25,28-30H2,1-2H3,(H,51,53)(H,52,54). The number of rotatable bonds is 7. The van der Waals surface area contributed by atoms with Crippen LogP contribution in [-0.4, -0.2) is 96.0 Å². The molecule has 0 radical (unpaired) electrons. The molecule has 2 saturated heterocycles. The highest BCUT2D eigenvalue weighted by Gasteiger charge is 2.37. The second-order valence-electron chi connectivity index (χ2n) is 18.5. The van der Waals surface area contributed by atoms with Crippen LogP contribution in [0.4, 0.5) is 34.4 Å². The molecule has 1 atom stereocenters. The van der Waals surface area contributed by atoms with Crippen molar-refractivity contribution in [1.29, 1.82) is 0 Å². The highest BCUT2D eigenvalue weighted by atomic mass is 16.5. The molecule has 4 aromatic rings. The lowest BCUT2D eigenvalue weighted by molar-refractivity contribution is -0.125. The molecule has 2 aromatic carbocycles. The van der Waals surface area contributed by atoms with E-state index in [1.807, 2.05) is 74.2 Å². The van der Waals surface area contributed by atoms with E-state index in [4.69, 9.17) is 14.5 Å². The molecule has 14 heteroatoms. The second kappa shape index (κ2) is 18.0. The van der Waals surface area contributed by atoms with Gasteiger partial charge >= 0.3 is 0 Å². The topological polar surface area (TPSA) is 150 Å². The molecule has 6 heterocycles. The van der Waals surface area contributed by atoms with Crippen LogP contribution in [0.2, 0.25) is 0 Å². The smallest absolute Gasteiger partial charge is 0.253 e. The summed E-state index contributed by atoms with van der Waals surface area (Å²) < 4.78 is 11.2. The van der Waals surface area contributed by atoms with Gasteiger partial charge < -0.3 is 39.7 Å². The molecular weight excluding hydrogens is 809 g/mol. The van der Waals surface area contributed by atoms with Crippen LogP contribution in [0, 0.1) is 11.8 Å². The molecule has 4 fully saturated rings. The monoisotopic (exact) mass is 866 g/mol. The first kappa shape index (κ1) is 42.1. The minimum atomic E-state index is -0.137. The Hall–Kier alpha value is -5.86. The van der Waals surface area contributed by atoms with E-state index >= 15 is 0 Å². The van der Waals surface area contributed by atoms with Crippen molar-refractivity contribution in [2.45, 2.75) is 102 Å². The van der Waals surface area contributed by atoms with Gasteiger partial charge in [-0.15, -0.1) is 0 Å². The van der Waals surface area contributed by atoms with Crippen LogP contribution < -0.4 is 20.4 Å². The number of aromatic nitrogens is 2. The van der Waals surface area contributed by atoms with Gasteiger partial charge in [-0.2, -0.15) is 0 Å². The number of likely N-dealkylation sites (tertiary alicyclic amines) is 2. The zero-order valence-corrected chi connectivity index (χ0v) is 36.9. The maximum atomic E-state index is 14.5. The molecule has 2 aliphatic carbocycles. The van der Waals surface area contributed by atoms with Gasteiger partial charge in [0, 0.05) is 92.3 Å². The Balaban J connectivity index is 0.889. The van der Waals surface area contributed by atoms with E-state index in [0.717, 1.165) is 112 Å². The summed E-state index contributed by atoms with van der Waals surface area (Å²) >= 11 is 0. The van der Waals surface area contributed by atoms with Gasteiger partial charge in [0.05, 0.1) is 48.0 Å². The summed E-state index contributed by atoms with van der Waals surface area (Å²) in [6.45, 7) is 3.23. The van der Waals surface area contributed by atoms with Crippen LogP contribution in [-0.2, 0) is 32.2 Å². The second-order valence-corrected chi connectivity index (χ2v) is 18.5. The third kappa shape index (κ3) is 8.22. The lowest BCUT2D eigenvalue weighted by Gasteiger charge is -2.32. The molecule has 64 heavy (non-hydrogen) atoms. The normalized spacial score (nSPS) is 24.0. The number of pyridine rings is 2. The maximum Gasteiger partial charge on any atom is 0.253 e. The Morgan fingerprint density at radius 3 is 1.73 bits per heavy atom. The fourth-order valence-corrected chi connectivity index (χ4v) is 10.8. The summed E-state index contributed by atoms with van der Waals surface area (Å²) in [7, 11) is 3.47. The minimum absolute atomic E-state index is 0.00342. The van der Waals surface area contributed by atoms with Crippen LogP contribution >= 0.6 is 0 Å². The van der Waals surface area contributed by atoms with Gasteiger partial charge in [-0.3, -0.25) is 19.2 Å². The van der Waals surface area contributed by atoms with Crippen LogP contribution in [0.15, 0.2) is 66.9 Å². The number of nitrogens with one attached hydrogen (secondary N) is 2. The molecule has 6 aliphatic rings. The van der Waals surface area contributed by atoms with Gasteiger partial charge in [0.25, 0.3) is 11.8 Å². The number of nitrogens with zero attached hydrogens (tertiary/aromatic N) is 6. The predicted molar refractivity (Wildman–Crippen MR) is 244 cm³/mol. The summed E-state index contributed by atoms with van der Waals surface area (Å²) in [4.78, 5) is 74.0. The van der Waals surface area contributed by atoms with Crippen molar-refractivity contribution in [3.8, 4) is 0 Å². The Morgan fingerprint density at radius 2 is 1.16 bits per heavy atom. The third-order valence-electron chi connectivity index (χ3n) is 14.7. The molecule has 4 aliphatic heterocycles. The number of fused-ring (bicyclic) bond motifs is 4. The first-order chi connectivity index (χ1) is 31.2. The summed E-state index contributed by atoms with van der Waals surface area (Å²) in [5.41, 5.74) is 6.63. The van der Waals surface area contributed by atoms with Crippen molar-refractivity contribution < 1.29 is 28.7 Å². The third-order valence-corrected chi connectivity index (χ3v) is 14.7. The van der Waals surface area contributed by atoms with Crippen LogP contribution in [0.1, 0.15) is 114 Å². The highest BCUT2D eigenvalue weighted by Crippen LogP contribution is 2.42. The quantitative estimate of drug-likeness (QED) is 0.188. The molecule has 334 valence electrons. The molecule has 2 saturated carbocycles. The summed E-state index contributed by atoms with van der Waals surface area (Å²) in [6.07, 6.45) is 11.2. The van der Waals surface area contributed by atoms with E-state index in [1.54, 1.807) is 20.4 Å². The van der Waals surface area contributed by atoms with Crippen molar-refractivity contribution >= 4 is 58.0 Å². The Labute approximate surface area is 374 Å². The Bertz CT molecular complexity index is 2440. The average Bonchev–Trinajstić information content (AvgIpc) is 4.01. The van der Waals surface area contributed by atoms with Crippen molar-refractivity contribution in [2.24, 2.45) is 11.8 Å². The predicted octanol–water partition coefficient (Wildman–Crippen LogP) is 7.93. The van der Waals surface area contributed by atoms with E-state index in [2.05, 4.69) is 21.7 Å². The molecule has 4 amide bonds. The average molecular weight is 867 g/mol. The molecule has 0 bridgehead atoms. The van der Waals surface area contributed by atoms with Gasteiger partial charge in [-0.25, -0.2) is 9.97 Å². The molecule has 0 spiro atoms. The highest BCUT2D eigenvalue weighted by molar-refractivity contribution is 6.04. The van der Waals surface area contributed by atoms with Crippen LogP contribution in [0.25, 0.3) is 0 Å². The van der Waals surface area contributed by atoms with Gasteiger partial charge in [-0.1, -0.05) is 12.1 Å². The van der Waals surface area contributed by atoms with E-state index in [1.165, 1.54) is 0 Å². The zero-order valence-electron chi connectivity index (χ0n) is 36.9. The first-order valence-electron chi connectivity index (χ1n) is 23.3. The van der Waals surface area contributed by atoms with E-state index < -0.39 is 0 Å². The van der Waals surface area contributed by atoms with E-state index in [9.17, 15) is 19.2 Å². The number of carbonyl (C=O) groups excluding carboxylic acids is 4. The minimum Gasteiger partial charge on any atom is -0.381 e. The van der Waals surface area contributed by atoms with Crippen molar-refractivity contribution in [1.82, 2.24) is 19.8 Å². The van der Waals surface area contributed by atoms with Gasteiger partial charge in [-0.05, 0) is 119 Å². The zero-order chi connectivity index (χ0) is 43.9. The van der Waals surface area contributed by atoms with Crippen molar-refractivity contribution in [2.75, 3.05) is 60.8 Å². The Morgan fingerprint density at radius 1 is 0.609 bits per heavy atom. The molecule has 2 N–H and O–H groups in total. The number of carbonyl (C=O) groups is 4. The fraction of sp³-hybridized carbons (Fsp3) is 0.480. The van der Waals surface area contributed by atoms with Crippen molar-refractivity contribution in [3.05, 3.63) is 94.8 Å². The lowest BCUT2D eigenvalue weighted by Crippen LogP contribution is -2.38. The number of benzene rings is 2. The largest absolute Gasteiger partial charge is 0.381 e. The van der Waals surface area contributed by atoms with Gasteiger partial charge in [0.2, 0.25) is 11.8 Å². The van der Waals surface area contributed by atoms with Crippen LogP contribution in [0.3, 0.4) is 0 Å². The number of ether oxygens (including phenoxy) is 2. The van der Waals surface area contributed by atoms with Gasteiger partial charge in [0.15, 0.2) is 0 Å². The Kier molecular flexibility index (Phi) is 11.8. The maximum absolute atomic E-state index is 14.5. The van der Waals surface area contributed by atoms with Gasteiger partial charge in [0.1, 0.15) is 11.6 Å². The van der Waals surface area contributed by atoms with Crippen molar-refractivity contribution in [3.63, 3.8) is 0 Å². The molecule has 2 aromatic heterocycles. The summed E-state index contributed by atoms with van der Waals surface area (Å²) in [5, 5.41) is 7.02.